The number of hydrogen-bond donors (Lipinski definition) is 0. The van der Waals surface area contributed by atoms with Gasteiger partial charge in [0.1, 0.15) is 4.21 Å². The van der Waals surface area contributed by atoms with Crippen LogP contribution in [0.5, 0.6) is 0 Å². The minimum atomic E-state index is -3.60. The molecule has 0 saturated heterocycles. The molecular formula is C7H9ClO3S2. The molecule has 0 aliphatic carbocycles. The fourth-order valence-corrected chi connectivity index (χ4v) is 3.28. The van der Waals surface area contributed by atoms with Gasteiger partial charge in [0.15, 0.2) is 0 Å². The molecule has 0 N–H and O–H groups in total. The summed E-state index contributed by atoms with van der Waals surface area (Å²) in [7, 11) is -3.60. The van der Waals surface area contributed by atoms with E-state index in [0.29, 0.717) is 4.34 Å². The van der Waals surface area contributed by atoms with Gasteiger partial charge < -0.3 is 0 Å². The first kappa shape index (κ1) is 11.0. The van der Waals surface area contributed by atoms with E-state index >= 15 is 0 Å². The normalized spacial score (nSPS) is 12.3. The summed E-state index contributed by atoms with van der Waals surface area (Å²) in [4.78, 5) is 0. The minimum Gasteiger partial charge on any atom is -0.263 e. The minimum absolute atomic E-state index is 0.145. The second kappa shape index (κ2) is 3.96. The smallest absolute Gasteiger partial charge is 0.263 e. The molecule has 1 aromatic rings. The summed E-state index contributed by atoms with van der Waals surface area (Å²) in [5.41, 5.74) is 0. The van der Waals surface area contributed by atoms with Crippen LogP contribution in [0.4, 0.5) is 0 Å². The first-order valence-corrected chi connectivity index (χ1v) is 6.21. The third-order valence-corrected chi connectivity index (χ3v) is 4.27. The van der Waals surface area contributed by atoms with Gasteiger partial charge in [-0.05, 0) is 26.0 Å². The van der Waals surface area contributed by atoms with Gasteiger partial charge in [-0.1, -0.05) is 11.6 Å². The zero-order chi connectivity index (χ0) is 10.1. The molecule has 0 atom stereocenters. The summed E-state index contributed by atoms with van der Waals surface area (Å²) >= 11 is 6.59. The molecule has 0 radical (unpaired) electrons. The van der Waals surface area contributed by atoms with Crippen LogP contribution in [0.1, 0.15) is 13.8 Å². The highest BCUT2D eigenvalue weighted by molar-refractivity contribution is 7.89. The van der Waals surface area contributed by atoms with Gasteiger partial charge in [0, 0.05) is 0 Å². The summed E-state index contributed by atoms with van der Waals surface area (Å²) in [6, 6.07) is 2.97. The van der Waals surface area contributed by atoms with E-state index in [1.165, 1.54) is 12.1 Å². The second-order valence-corrected chi connectivity index (χ2v) is 6.17. The highest BCUT2D eigenvalue weighted by atomic mass is 35.5. The van der Waals surface area contributed by atoms with Crippen LogP contribution in [0.15, 0.2) is 16.3 Å². The molecule has 1 aromatic heterocycles. The van der Waals surface area contributed by atoms with E-state index < -0.39 is 10.1 Å². The summed E-state index contributed by atoms with van der Waals surface area (Å²) in [5, 5.41) is 0. The molecule has 0 saturated carbocycles. The molecule has 0 aromatic carbocycles. The standard InChI is InChI=1S/C7H9ClO3S2/c1-5(2)11-13(9,10)7-4-3-6(8)12-7/h3-5H,1-2H3. The van der Waals surface area contributed by atoms with E-state index in [2.05, 4.69) is 0 Å². The molecule has 1 heterocycles. The van der Waals surface area contributed by atoms with Gasteiger partial charge in [0.2, 0.25) is 0 Å². The Hall–Kier alpha value is -0.100. The fourth-order valence-electron chi connectivity index (χ4n) is 0.733. The maximum Gasteiger partial charge on any atom is 0.306 e. The topological polar surface area (TPSA) is 43.4 Å². The summed E-state index contributed by atoms with van der Waals surface area (Å²) in [6.45, 7) is 3.32. The Kier molecular flexibility index (Phi) is 3.34. The molecule has 0 bridgehead atoms. The number of hydrogen-bond acceptors (Lipinski definition) is 4. The Labute approximate surface area is 86.4 Å². The third-order valence-electron chi connectivity index (χ3n) is 1.11. The largest absolute Gasteiger partial charge is 0.306 e. The van der Waals surface area contributed by atoms with E-state index in [1.807, 2.05) is 0 Å². The van der Waals surface area contributed by atoms with Gasteiger partial charge >= 0.3 is 10.1 Å². The number of halogens is 1. The van der Waals surface area contributed by atoms with Crippen molar-refractivity contribution in [2.24, 2.45) is 0 Å². The SMILES string of the molecule is CC(C)OS(=O)(=O)c1ccc(Cl)s1. The van der Waals surface area contributed by atoms with Gasteiger partial charge in [0.05, 0.1) is 10.4 Å². The van der Waals surface area contributed by atoms with Crippen molar-refractivity contribution < 1.29 is 12.6 Å². The molecule has 0 amide bonds. The van der Waals surface area contributed by atoms with Crippen LogP contribution >= 0.6 is 22.9 Å². The van der Waals surface area contributed by atoms with Gasteiger partial charge in [-0.3, -0.25) is 4.18 Å². The fraction of sp³-hybridized carbons (Fsp3) is 0.429. The van der Waals surface area contributed by atoms with Crippen LogP contribution in [0, 0.1) is 0 Å². The van der Waals surface area contributed by atoms with Gasteiger partial charge in [-0.15, -0.1) is 11.3 Å². The lowest BCUT2D eigenvalue weighted by Gasteiger charge is -2.05. The van der Waals surface area contributed by atoms with Crippen LogP contribution in [0.25, 0.3) is 0 Å². The van der Waals surface area contributed by atoms with Crippen LogP contribution in [-0.4, -0.2) is 14.5 Å². The van der Waals surface area contributed by atoms with Crippen LogP contribution in [0.2, 0.25) is 4.34 Å². The van der Waals surface area contributed by atoms with Gasteiger partial charge in [-0.25, -0.2) is 0 Å². The lowest BCUT2D eigenvalue weighted by atomic mass is 10.5. The predicted molar refractivity (Wildman–Crippen MR) is 52.7 cm³/mol. The van der Waals surface area contributed by atoms with Crippen molar-refractivity contribution in [1.82, 2.24) is 0 Å². The molecule has 0 fully saturated rings. The quantitative estimate of drug-likeness (QED) is 0.763. The lowest BCUT2D eigenvalue weighted by Crippen LogP contribution is -2.10. The predicted octanol–water partition coefficient (Wildman–Crippen LogP) is 2.52. The third kappa shape index (κ3) is 2.95. The van der Waals surface area contributed by atoms with E-state index in [4.69, 9.17) is 15.8 Å². The van der Waals surface area contributed by atoms with Crippen molar-refractivity contribution in [3.63, 3.8) is 0 Å². The Balaban J connectivity index is 2.95. The molecule has 0 unspecified atom stereocenters. The maximum atomic E-state index is 11.4. The molecule has 3 nitrogen and oxygen atoms in total. The molecule has 0 aliphatic rings. The molecule has 74 valence electrons. The molecule has 0 spiro atoms. The summed E-state index contributed by atoms with van der Waals surface area (Å²) in [6.07, 6.45) is -0.356. The van der Waals surface area contributed by atoms with Gasteiger partial charge in [-0.2, -0.15) is 8.42 Å². The Morgan fingerprint density at radius 2 is 2.08 bits per heavy atom. The molecule has 0 aliphatic heterocycles. The maximum absolute atomic E-state index is 11.4. The first-order valence-electron chi connectivity index (χ1n) is 3.60. The van der Waals surface area contributed by atoms with Crippen molar-refractivity contribution in [1.29, 1.82) is 0 Å². The van der Waals surface area contributed by atoms with Gasteiger partial charge in [0.25, 0.3) is 0 Å². The van der Waals surface area contributed by atoms with E-state index in [-0.39, 0.29) is 10.3 Å². The molecule has 13 heavy (non-hydrogen) atoms. The number of thiophene rings is 1. The zero-order valence-corrected chi connectivity index (χ0v) is 9.54. The molecule has 6 heteroatoms. The monoisotopic (exact) mass is 240 g/mol. The average Bonchev–Trinajstić information content (AvgIpc) is 2.32. The molecular weight excluding hydrogens is 232 g/mol. The zero-order valence-electron chi connectivity index (χ0n) is 7.15. The van der Waals surface area contributed by atoms with Crippen molar-refractivity contribution in [2.75, 3.05) is 0 Å². The number of rotatable bonds is 3. The summed E-state index contributed by atoms with van der Waals surface area (Å²) < 4.78 is 28.1. The highest BCUT2D eigenvalue weighted by Crippen LogP contribution is 2.27. The van der Waals surface area contributed by atoms with Crippen molar-refractivity contribution in [3.05, 3.63) is 16.5 Å². The van der Waals surface area contributed by atoms with E-state index in [9.17, 15) is 8.42 Å². The van der Waals surface area contributed by atoms with Crippen molar-refractivity contribution >= 4 is 33.1 Å². The van der Waals surface area contributed by atoms with Crippen molar-refractivity contribution in [3.8, 4) is 0 Å². The summed E-state index contributed by atoms with van der Waals surface area (Å²) in [5.74, 6) is 0. The van der Waals surface area contributed by atoms with E-state index in [0.717, 1.165) is 11.3 Å². The first-order chi connectivity index (χ1) is 5.92. The van der Waals surface area contributed by atoms with Crippen LogP contribution in [-0.2, 0) is 14.3 Å². The van der Waals surface area contributed by atoms with Crippen LogP contribution in [0.3, 0.4) is 0 Å². The Morgan fingerprint density at radius 1 is 1.46 bits per heavy atom. The van der Waals surface area contributed by atoms with E-state index in [1.54, 1.807) is 13.8 Å². The van der Waals surface area contributed by atoms with Crippen LogP contribution < -0.4 is 0 Å². The molecule has 1 rings (SSSR count). The van der Waals surface area contributed by atoms with Crippen molar-refractivity contribution in [2.45, 2.75) is 24.2 Å². The average molecular weight is 241 g/mol. The Bertz CT molecular complexity index is 380. The highest BCUT2D eigenvalue weighted by Gasteiger charge is 2.18. The Morgan fingerprint density at radius 3 is 2.46 bits per heavy atom. The second-order valence-electron chi connectivity index (χ2n) is 2.66. The lowest BCUT2D eigenvalue weighted by molar-refractivity contribution is 0.249.